The zero-order valence-electron chi connectivity index (χ0n) is 12.6. The van der Waals surface area contributed by atoms with Crippen LogP contribution < -0.4 is 4.90 Å². The van der Waals surface area contributed by atoms with E-state index in [0.717, 1.165) is 18.7 Å². The van der Waals surface area contributed by atoms with Crippen LogP contribution in [-0.2, 0) is 6.42 Å². The summed E-state index contributed by atoms with van der Waals surface area (Å²) >= 11 is 0. The molecule has 0 radical (unpaired) electrons. The molecule has 2 aromatic heterocycles. The van der Waals surface area contributed by atoms with Crippen molar-refractivity contribution in [2.24, 2.45) is 0 Å². The SMILES string of the molecule is O=C(c1cnn(C2CCCCC2)c1)N1CCc2ccncc21. The molecule has 4 rings (SSSR count). The van der Waals surface area contributed by atoms with Crippen LogP contribution in [0.15, 0.2) is 30.9 Å². The standard InChI is InChI=1S/C17H20N4O/c22-17(20-9-7-13-6-8-18-11-16(13)20)14-10-19-21(12-14)15-4-2-1-3-5-15/h6,8,10-12,15H,1-5,7,9H2. The first-order valence-electron chi connectivity index (χ1n) is 8.12. The third-order valence-corrected chi connectivity index (χ3v) is 4.83. The van der Waals surface area contributed by atoms with Crippen molar-refractivity contribution in [1.82, 2.24) is 14.8 Å². The largest absolute Gasteiger partial charge is 0.306 e. The lowest BCUT2D eigenvalue weighted by atomic mass is 9.96. The van der Waals surface area contributed by atoms with Crippen LogP contribution >= 0.6 is 0 Å². The summed E-state index contributed by atoms with van der Waals surface area (Å²) in [5, 5.41) is 4.44. The van der Waals surface area contributed by atoms with Gasteiger partial charge in [-0.05, 0) is 30.9 Å². The van der Waals surface area contributed by atoms with E-state index >= 15 is 0 Å². The summed E-state index contributed by atoms with van der Waals surface area (Å²) in [5.74, 6) is 0.0359. The van der Waals surface area contributed by atoms with Crippen LogP contribution in [0.1, 0.15) is 54.1 Å². The van der Waals surface area contributed by atoms with E-state index in [2.05, 4.69) is 10.1 Å². The fraction of sp³-hybridized carbons (Fsp3) is 0.471. The average Bonchev–Trinajstić information content (AvgIpc) is 3.22. The molecule has 1 saturated carbocycles. The highest BCUT2D eigenvalue weighted by atomic mass is 16.2. The third-order valence-electron chi connectivity index (χ3n) is 4.83. The van der Waals surface area contributed by atoms with Gasteiger partial charge in [0, 0.05) is 18.9 Å². The average molecular weight is 296 g/mol. The summed E-state index contributed by atoms with van der Waals surface area (Å²) in [5.41, 5.74) is 2.82. The van der Waals surface area contributed by atoms with Gasteiger partial charge in [-0.15, -0.1) is 0 Å². The predicted octanol–water partition coefficient (Wildman–Crippen LogP) is 2.99. The molecular weight excluding hydrogens is 276 g/mol. The van der Waals surface area contributed by atoms with E-state index in [1.54, 1.807) is 18.6 Å². The number of rotatable bonds is 2. The van der Waals surface area contributed by atoms with E-state index in [0.29, 0.717) is 11.6 Å². The number of anilines is 1. The number of fused-ring (bicyclic) bond motifs is 1. The van der Waals surface area contributed by atoms with Crippen LogP contribution in [0.2, 0.25) is 0 Å². The molecule has 5 heteroatoms. The number of carbonyl (C=O) groups is 1. The second kappa shape index (κ2) is 5.55. The Morgan fingerprint density at radius 3 is 2.91 bits per heavy atom. The number of aromatic nitrogens is 3. The lowest BCUT2D eigenvalue weighted by Gasteiger charge is -2.21. The van der Waals surface area contributed by atoms with Crippen molar-refractivity contribution in [2.45, 2.75) is 44.6 Å². The van der Waals surface area contributed by atoms with Crippen LogP contribution in [0.3, 0.4) is 0 Å². The van der Waals surface area contributed by atoms with Gasteiger partial charge in [0.1, 0.15) is 0 Å². The first-order chi connectivity index (χ1) is 10.8. The molecule has 3 heterocycles. The third kappa shape index (κ3) is 2.30. The minimum Gasteiger partial charge on any atom is -0.306 e. The van der Waals surface area contributed by atoms with Gasteiger partial charge >= 0.3 is 0 Å². The quantitative estimate of drug-likeness (QED) is 0.856. The number of hydrogen-bond acceptors (Lipinski definition) is 3. The normalized spacial score (nSPS) is 18.5. The van der Waals surface area contributed by atoms with Crippen LogP contribution in [0, 0.1) is 0 Å². The van der Waals surface area contributed by atoms with Crippen LogP contribution in [-0.4, -0.2) is 27.2 Å². The first kappa shape index (κ1) is 13.5. The van der Waals surface area contributed by atoms with Gasteiger partial charge in [-0.1, -0.05) is 19.3 Å². The molecule has 2 aromatic rings. The molecule has 0 spiro atoms. The molecular formula is C17H20N4O. The highest BCUT2D eigenvalue weighted by Crippen LogP contribution is 2.30. The van der Waals surface area contributed by atoms with Crippen molar-refractivity contribution in [2.75, 3.05) is 11.4 Å². The summed E-state index contributed by atoms with van der Waals surface area (Å²) in [7, 11) is 0. The Labute approximate surface area is 130 Å². The number of carbonyl (C=O) groups excluding carboxylic acids is 1. The zero-order valence-corrected chi connectivity index (χ0v) is 12.6. The van der Waals surface area contributed by atoms with Gasteiger partial charge in [-0.2, -0.15) is 5.10 Å². The summed E-state index contributed by atoms with van der Waals surface area (Å²) in [6, 6.07) is 2.46. The van der Waals surface area contributed by atoms with Gasteiger partial charge in [0.05, 0.1) is 29.7 Å². The molecule has 1 fully saturated rings. The molecule has 1 amide bonds. The Morgan fingerprint density at radius 2 is 2.05 bits per heavy atom. The monoisotopic (exact) mass is 296 g/mol. The van der Waals surface area contributed by atoms with Crippen molar-refractivity contribution in [3.63, 3.8) is 0 Å². The Kier molecular flexibility index (Phi) is 3.41. The Bertz CT molecular complexity index is 687. The van der Waals surface area contributed by atoms with Gasteiger partial charge in [0.25, 0.3) is 5.91 Å². The molecule has 1 aliphatic carbocycles. The van der Waals surface area contributed by atoms with Crippen molar-refractivity contribution >= 4 is 11.6 Å². The fourth-order valence-corrected chi connectivity index (χ4v) is 3.58. The van der Waals surface area contributed by atoms with E-state index in [1.807, 2.05) is 21.8 Å². The molecule has 5 nitrogen and oxygen atoms in total. The molecule has 0 bridgehead atoms. The molecule has 0 aromatic carbocycles. The maximum absolute atomic E-state index is 12.8. The molecule has 114 valence electrons. The predicted molar refractivity (Wildman–Crippen MR) is 84.0 cm³/mol. The minimum atomic E-state index is 0.0359. The van der Waals surface area contributed by atoms with Crippen molar-refractivity contribution in [1.29, 1.82) is 0 Å². The number of hydrogen-bond donors (Lipinski definition) is 0. The van der Waals surface area contributed by atoms with Crippen molar-refractivity contribution in [3.8, 4) is 0 Å². The van der Waals surface area contributed by atoms with Gasteiger partial charge in [0.15, 0.2) is 0 Å². The van der Waals surface area contributed by atoms with Crippen molar-refractivity contribution < 1.29 is 4.79 Å². The van der Waals surface area contributed by atoms with Crippen LogP contribution in [0.25, 0.3) is 0 Å². The van der Waals surface area contributed by atoms with Crippen LogP contribution in [0.5, 0.6) is 0 Å². The van der Waals surface area contributed by atoms with Crippen molar-refractivity contribution in [3.05, 3.63) is 42.0 Å². The molecule has 0 N–H and O–H groups in total. The van der Waals surface area contributed by atoms with Gasteiger partial charge in [-0.25, -0.2) is 0 Å². The summed E-state index contributed by atoms with van der Waals surface area (Å²) < 4.78 is 1.99. The van der Waals surface area contributed by atoms with Gasteiger partial charge in [0.2, 0.25) is 0 Å². The molecule has 1 aliphatic heterocycles. The lowest BCUT2D eigenvalue weighted by molar-refractivity contribution is 0.0989. The summed E-state index contributed by atoms with van der Waals surface area (Å²) in [4.78, 5) is 18.7. The Morgan fingerprint density at radius 1 is 1.18 bits per heavy atom. The van der Waals surface area contributed by atoms with Gasteiger partial charge < -0.3 is 4.90 Å². The molecule has 0 atom stereocenters. The first-order valence-corrected chi connectivity index (χ1v) is 8.12. The minimum absolute atomic E-state index is 0.0359. The molecule has 2 aliphatic rings. The maximum atomic E-state index is 12.8. The maximum Gasteiger partial charge on any atom is 0.261 e. The van der Waals surface area contributed by atoms with E-state index in [4.69, 9.17) is 0 Å². The number of pyridine rings is 1. The second-order valence-corrected chi connectivity index (χ2v) is 6.21. The zero-order chi connectivity index (χ0) is 14.9. The summed E-state index contributed by atoms with van der Waals surface area (Å²) in [6.45, 7) is 0.731. The molecule has 0 saturated heterocycles. The van der Waals surface area contributed by atoms with E-state index in [-0.39, 0.29) is 5.91 Å². The fourth-order valence-electron chi connectivity index (χ4n) is 3.58. The highest BCUT2D eigenvalue weighted by molar-refractivity contribution is 6.06. The summed E-state index contributed by atoms with van der Waals surface area (Å²) in [6.07, 6.45) is 14.3. The second-order valence-electron chi connectivity index (χ2n) is 6.21. The van der Waals surface area contributed by atoms with Gasteiger partial charge in [-0.3, -0.25) is 14.5 Å². The number of amides is 1. The van der Waals surface area contributed by atoms with E-state index < -0.39 is 0 Å². The van der Waals surface area contributed by atoms with E-state index in [9.17, 15) is 4.79 Å². The van der Waals surface area contributed by atoms with Crippen LogP contribution in [0.4, 0.5) is 5.69 Å². The Balaban J connectivity index is 1.55. The highest BCUT2D eigenvalue weighted by Gasteiger charge is 2.27. The molecule has 22 heavy (non-hydrogen) atoms. The van der Waals surface area contributed by atoms with E-state index in [1.165, 1.54) is 37.7 Å². The number of nitrogens with zero attached hydrogens (tertiary/aromatic N) is 4. The molecule has 0 unspecified atom stereocenters. The lowest BCUT2D eigenvalue weighted by Crippen LogP contribution is -2.28. The smallest absolute Gasteiger partial charge is 0.261 e. The Hall–Kier alpha value is -2.17. The topological polar surface area (TPSA) is 51.0 Å².